The van der Waals surface area contributed by atoms with E-state index in [1.165, 1.54) is 0 Å². The van der Waals surface area contributed by atoms with E-state index in [1.807, 2.05) is 27.8 Å². The SMILES string of the molecule is CN(CI)N=NC(C)(C)C. The lowest BCUT2D eigenvalue weighted by Crippen LogP contribution is -2.12. The Morgan fingerprint density at radius 1 is 1.40 bits per heavy atom. The molecule has 0 aliphatic heterocycles. The third kappa shape index (κ3) is 6.25. The van der Waals surface area contributed by atoms with Gasteiger partial charge >= 0.3 is 0 Å². The van der Waals surface area contributed by atoms with E-state index in [2.05, 4.69) is 32.9 Å². The number of nitrogens with zero attached hydrogens (tertiary/aromatic N) is 3. The molecule has 3 nitrogen and oxygen atoms in total. The van der Waals surface area contributed by atoms with Crippen molar-refractivity contribution in [2.45, 2.75) is 26.3 Å². The zero-order valence-corrected chi connectivity index (χ0v) is 9.08. The molecule has 0 unspecified atom stereocenters. The number of hydrogen-bond acceptors (Lipinski definition) is 2. The molecule has 0 saturated carbocycles. The van der Waals surface area contributed by atoms with Gasteiger partial charge in [0, 0.05) is 7.05 Å². The van der Waals surface area contributed by atoms with Gasteiger partial charge in [0.1, 0.15) is 0 Å². The molecule has 0 amide bonds. The summed E-state index contributed by atoms with van der Waals surface area (Å²) in [5.74, 6) is 0. The van der Waals surface area contributed by atoms with Crippen LogP contribution in [0.3, 0.4) is 0 Å². The number of alkyl halides is 1. The quantitative estimate of drug-likeness (QED) is 0.245. The zero-order chi connectivity index (χ0) is 8.20. The van der Waals surface area contributed by atoms with E-state index < -0.39 is 0 Å². The molecule has 0 saturated heterocycles. The zero-order valence-electron chi connectivity index (χ0n) is 6.93. The van der Waals surface area contributed by atoms with E-state index in [0.717, 1.165) is 4.55 Å². The predicted octanol–water partition coefficient (Wildman–Crippen LogP) is 2.48. The molecule has 0 bridgehead atoms. The smallest absolute Gasteiger partial charge is 0.0888 e. The minimum atomic E-state index is -0.0555. The summed E-state index contributed by atoms with van der Waals surface area (Å²) in [5, 5.41) is 9.84. The van der Waals surface area contributed by atoms with Crippen LogP contribution in [-0.2, 0) is 0 Å². The van der Waals surface area contributed by atoms with Gasteiger partial charge in [-0.15, -0.1) is 0 Å². The fraction of sp³-hybridized carbons (Fsp3) is 1.00. The van der Waals surface area contributed by atoms with Crippen molar-refractivity contribution >= 4 is 22.6 Å². The second-order valence-electron chi connectivity index (χ2n) is 3.14. The van der Waals surface area contributed by atoms with Crippen molar-refractivity contribution in [1.82, 2.24) is 5.01 Å². The standard InChI is InChI=1S/C6H14IN3/c1-6(2,3)8-9-10(4)5-7/h5H2,1-4H3. The highest BCUT2D eigenvalue weighted by Crippen LogP contribution is 2.07. The van der Waals surface area contributed by atoms with Crippen LogP contribution in [0.5, 0.6) is 0 Å². The van der Waals surface area contributed by atoms with Gasteiger partial charge in [0.2, 0.25) is 0 Å². The average Bonchev–Trinajstić information content (AvgIpc) is 1.81. The molecular weight excluding hydrogens is 241 g/mol. The fourth-order valence-corrected chi connectivity index (χ4v) is 0.371. The fourth-order valence-electron chi connectivity index (χ4n) is 0.234. The topological polar surface area (TPSA) is 28.0 Å². The minimum absolute atomic E-state index is 0.0555. The number of rotatable bonds is 2. The number of hydrogen-bond donors (Lipinski definition) is 0. The van der Waals surface area contributed by atoms with Gasteiger partial charge in [0.05, 0.1) is 10.1 Å². The molecule has 0 N–H and O–H groups in total. The van der Waals surface area contributed by atoms with Crippen LogP contribution in [0.4, 0.5) is 0 Å². The summed E-state index contributed by atoms with van der Waals surface area (Å²) in [4.78, 5) is 0. The van der Waals surface area contributed by atoms with Gasteiger partial charge in [0.25, 0.3) is 0 Å². The first-order valence-corrected chi connectivity index (χ1v) is 4.68. The molecular formula is C6H14IN3. The maximum atomic E-state index is 4.07. The maximum Gasteiger partial charge on any atom is 0.0888 e. The molecule has 4 heteroatoms. The van der Waals surface area contributed by atoms with Crippen molar-refractivity contribution in [3.05, 3.63) is 0 Å². The lowest BCUT2D eigenvalue weighted by Gasteiger charge is -2.12. The van der Waals surface area contributed by atoms with E-state index in [9.17, 15) is 0 Å². The van der Waals surface area contributed by atoms with Crippen molar-refractivity contribution in [3.8, 4) is 0 Å². The summed E-state index contributed by atoms with van der Waals surface area (Å²) in [6.45, 7) is 6.08. The Balaban J connectivity index is 3.75. The lowest BCUT2D eigenvalue weighted by molar-refractivity contribution is 0.361. The molecule has 0 atom stereocenters. The van der Waals surface area contributed by atoms with Crippen LogP contribution in [-0.4, -0.2) is 22.1 Å². The van der Waals surface area contributed by atoms with Crippen LogP contribution in [0.1, 0.15) is 20.8 Å². The third-order valence-corrected chi connectivity index (χ3v) is 1.66. The molecule has 10 heavy (non-hydrogen) atoms. The van der Waals surface area contributed by atoms with E-state index in [1.54, 1.807) is 5.01 Å². The molecule has 0 fully saturated rings. The molecule has 0 aliphatic carbocycles. The first kappa shape index (κ1) is 10.1. The Bertz CT molecular complexity index is 117. The molecule has 0 aliphatic rings. The molecule has 0 aromatic rings. The van der Waals surface area contributed by atoms with Crippen molar-refractivity contribution in [1.29, 1.82) is 0 Å². The van der Waals surface area contributed by atoms with Crippen LogP contribution in [0.2, 0.25) is 0 Å². The summed E-state index contributed by atoms with van der Waals surface area (Å²) >= 11 is 2.24. The Hall–Kier alpha value is 0.130. The van der Waals surface area contributed by atoms with Gasteiger partial charge in [-0.05, 0) is 20.8 Å². The average molecular weight is 255 g/mol. The van der Waals surface area contributed by atoms with Gasteiger partial charge in [-0.3, -0.25) is 5.01 Å². The molecule has 0 radical (unpaired) electrons. The molecule has 0 spiro atoms. The van der Waals surface area contributed by atoms with Crippen molar-refractivity contribution in [2.24, 2.45) is 10.3 Å². The van der Waals surface area contributed by atoms with Gasteiger partial charge in [-0.25, -0.2) is 0 Å². The van der Waals surface area contributed by atoms with Crippen LogP contribution in [0.25, 0.3) is 0 Å². The summed E-state index contributed by atoms with van der Waals surface area (Å²) in [5.41, 5.74) is -0.0555. The van der Waals surface area contributed by atoms with Gasteiger partial charge in [-0.1, -0.05) is 27.8 Å². The molecule has 0 rings (SSSR count). The largest absolute Gasteiger partial charge is 0.272 e. The molecule has 0 heterocycles. The predicted molar refractivity (Wildman–Crippen MR) is 51.3 cm³/mol. The van der Waals surface area contributed by atoms with Crippen molar-refractivity contribution < 1.29 is 0 Å². The third-order valence-electron chi connectivity index (χ3n) is 0.670. The van der Waals surface area contributed by atoms with E-state index >= 15 is 0 Å². The molecule has 0 aromatic carbocycles. The van der Waals surface area contributed by atoms with Gasteiger partial charge in [-0.2, -0.15) is 5.11 Å². The summed E-state index contributed by atoms with van der Waals surface area (Å²) < 4.78 is 0.872. The first-order valence-electron chi connectivity index (χ1n) is 3.15. The lowest BCUT2D eigenvalue weighted by atomic mass is 10.1. The van der Waals surface area contributed by atoms with Gasteiger partial charge < -0.3 is 0 Å². The highest BCUT2D eigenvalue weighted by atomic mass is 127. The van der Waals surface area contributed by atoms with E-state index in [0.29, 0.717) is 0 Å². The first-order chi connectivity index (χ1) is 4.45. The molecule has 0 aromatic heterocycles. The Labute approximate surface area is 76.0 Å². The molecule has 60 valence electrons. The Morgan fingerprint density at radius 2 is 1.90 bits per heavy atom. The van der Waals surface area contributed by atoms with Crippen LogP contribution in [0, 0.1) is 0 Å². The maximum absolute atomic E-state index is 4.07. The second kappa shape index (κ2) is 4.10. The normalized spacial score (nSPS) is 12.5. The van der Waals surface area contributed by atoms with Crippen LogP contribution in [0.15, 0.2) is 10.3 Å². The van der Waals surface area contributed by atoms with E-state index in [4.69, 9.17) is 0 Å². The van der Waals surface area contributed by atoms with Gasteiger partial charge in [0.15, 0.2) is 0 Å². The second-order valence-corrected chi connectivity index (χ2v) is 3.82. The Morgan fingerprint density at radius 3 is 2.20 bits per heavy atom. The summed E-state index contributed by atoms with van der Waals surface area (Å²) in [6, 6.07) is 0. The Kier molecular flexibility index (Phi) is 4.15. The number of halogens is 1. The summed E-state index contributed by atoms with van der Waals surface area (Å²) in [7, 11) is 1.90. The minimum Gasteiger partial charge on any atom is -0.272 e. The van der Waals surface area contributed by atoms with Crippen molar-refractivity contribution in [3.63, 3.8) is 0 Å². The summed E-state index contributed by atoms with van der Waals surface area (Å²) in [6.07, 6.45) is 0. The highest BCUT2D eigenvalue weighted by molar-refractivity contribution is 14.1. The van der Waals surface area contributed by atoms with Crippen LogP contribution >= 0.6 is 22.6 Å². The van der Waals surface area contributed by atoms with Crippen molar-refractivity contribution in [2.75, 3.05) is 11.6 Å². The van der Waals surface area contributed by atoms with Crippen LogP contribution < -0.4 is 0 Å². The highest BCUT2D eigenvalue weighted by Gasteiger charge is 2.06. The van der Waals surface area contributed by atoms with E-state index in [-0.39, 0.29) is 5.54 Å². The monoisotopic (exact) mass is 255 g/mol.